The summed E-state index contributed by atoms with van der Waals surface area (Å²) < 4.78 is 4.83. The van der Waals surface area contributed by atoms with Crippen LogP contribution in [0.1, 0.15) is 17.4 Å². The molecule has 1 aromatic heterocycles. The zero-order valence-electron chi connectivity index (χ0n) is 11.6. The van der Waals surface area contributed by atoms with Crippen LogP contribution in [0.25, 0.3) is 0 Å². The second-order valence-electron chi connectivity index (χ2n) is 4.23. The van der Waals surface area contributed by atoms with E-state index >= 15 is 0 Å². The summed E-state index contributed by atoms with van der Waals surface area (Å²) in [4.78, 5) is 17.8. The smallest absolute Gasteiger partial charge is 0.272 e. The number of nitrogens with one attached hydrogen (secondary N) is 1. The Hall–Kier alpha value is -1.66. The number of hydrogen-bond donors (Lipinski definition) is 2. The fourth-order valence-corrected chi connectivity index (χ4v) is 1.67. The molecule has 0 aliphatic carbocycles. The number of methoxy groups -OCH3 is 1. The number of aliphatic hydroxyl groups excluding tert-OH is 1. The Bertz CT molecular complexity index is 412. The fourth-order valence-electron chi connectivity index (χ4n) is 1.67. The minimum Gasteiger partial charge on any atom is -0.389 e. The van der Waals surface area contributed by atoms with Crippen LogP contribution in [0.15, 0.2) is 18.2 Å². The summed E-state index contributed by atoms with van der Waals surface area (Å²) in [6.45, 7) is 3.11. The van der Waals surface area contributed by atoms with Gasteiger partial charge in [-0.2, -0.15) is 0 Å². The van der Waals surface area contributed by atoms with Gasteiger partial charge in [0.2, 0.25) is 0 Å². The molecular formula is C13H21N3O3. The van der Waals surface area contributed by atoms with Crippen molar-refractivity contribution in [3.05, 3.63) is 23.9 Å². The molecule has 6 nitrogen and oxygen atoms in total. The van der Waals surface area contributed by atoms with Crippen LogP contribution in [-0.4, -0.2) is 60.9 Å². The number of anilines is 1. The maximum absolute atomic E-state index is 12.1. The lowest BCUT2D eigenvalue weighted by molar-refractivity contribution is 0.0378. The van der Waals surface area contributed by atoms with E-state index < -0.39 is 6.10 Å². The number of pyridine rings is 1. The average molecular weight is 267 g/mol. The minimum atomic E-state index is -0.698. The normalized spacial score (nSPS) is 12.0. The van der Waals surface area contributed by atoms with Crippen molar-refractivity contribution in [3.63, 3.8) is 0 Å². The largest absolute Gasteiger partial charge is 0.389 e. The molecule has 6 heteroatoms. The highest BCUT2D eigenvalue weighted by Crippen LogP contribution is 2.07. The van der Waals surface area contributed by atoms with Gasteiger partial charge in [0.05, 0.1) is 12.7 Å². The zero-order chi connectivity index (χ0) is 14.3. The summed E-state index contributed by atoms with van der Waals surface area (Å²) in [5.74, 6) is 0.439. The Morgan fingerprint density at radius 2 is 2.32 bits per heavy atom. The molecule has 1 amide bonds. The molecular weight excluding hydrogens is 246 g/mol. The van der Waals surface area contributed by atoms with Crippen LogP contribution in [0.2, 0.25) is 0 Å². The first-order valence-electron chi connectivity index (χ1n) is 6.21. The Labute approximate surface area is 113 Å². The van der Waals surface area contributed by atoms with E-state index in [-0.39, 0.29) is 19.1 Å². The van der Waals surface area contributed by atoms with Gasteiger partial charge in [-0.1, -0.05) is 6.07 Å². The van der Waals surface area contributed by atoms with Gasteiger partial charge in [-0.25, -0.2) is 4.98 Å². The number of nitrogens with zero attached hydrogens (tertiary/aromatic N) is 2. The second kappa shape index (κ2) is 7.70. The Balaban J connectivity index is 2.68. The van der Waals surface area contributed by atoms with E-state index in [1.54, 1.807) is 25.2 Å². The first kappa shape index (κ1) is 15.4. The number of aromatic nitrogens is 1. The van der Waals surface area contributed by atoms with E-state index in [9.17, 15) is 9.90 Å². The predicted octanol–water partition coefficient (Wildman–Crippen LogP) is 0.593. The van der Waals surface area contributed by atoms with Gasteiger partial charge in [-0.3, -0.25) is 4.79 Å². The summed E-state index contributed by atoms with van der Waals surface area (Å²) in [5.41, 5.74) is 0.352. The number of likely N-dealkylation sites (N-methyl/N-ethyl adjacent to an activating group) is 1. The third kappa shape index (κ3) is 4.84. The molecule has 1 unspecified atom stereocenters. The molecule has 106 valence electrons. The van der Waals surface area contributed by atoms with Crippen LogP contribution in [0.5, 0.6) is 0 Å². The topological polar surface area (TPSA) is 74.7 Å². The molecule has 0 aliphatic rings. The monoisotopic (exact) mass is 267 g/mol. The second-order valence-corrected chi connectivity index (χ2v) is 4.23. The number of aliphatic hydroxyl groups is 1. The van der Waals surface area contributed by atoms with Crippen molar-refractivity contribution in [1.82, 2.24) is 9.88 Å². The summed E-state index contributed by atoms with van der Waals surface area (Å²) in [7, 11) is 3.13. The van der Waals surface area contributed by atoms with Gasteiger partial charge in [0.15, 0.2) is 0 Å². The number of ether oxygens (including phenoxy) is 1. The lowest BCUT2D eigenvalue weighted by Crippen LogP contribution is -2.36. The van der Waals surface area contributed by atoms with Crippen LogP contribution in [-0.2, 0) is 4.74 Å². The molecule has 0 aromatic carbocycles. The maximum atomic E-state index is 12.1. The summed E-state index contributed by atoms with van der Waals surface area (Å²) >= 11 is 0. The van der Waals surface area contributed by atoms with E-state index in [4.69, 9.17) is 4.74 Å². The standard InChI is InChI=1S/C13H21N3O3/c1-4-14-12-7-5-6-11(15-12)13(18)16(2)8-10(17)9-19-3/h5-7,10,17H,4,8-9H2,1-3H3,(H,14,15). The van der Waals surface area contributed by atoms with Crippen LogP contribution >= 0.6 is 0 Å². The number of hydrogen-bond acceptors (Lipinski definition) is 5. The van der Waals surface area contributed by atoms with E-state index in [2.05, 4.69) is 10.3 Å². The van der Waals surface area contributed by atoms with Crippen LogP contribution in [0, 0.1) is 0 Å². The molecule has 0 saturated heterocycles. The first-order valence-corrected chi connectivity index (χ1v) is 6.21. The molecule has 0 fully saturated rings. The fraction of sp³-hybridized carbons (Fsp3) is 0.538. The van der Waals surface area contributed by atoms with Gasteiger partial charge in [-0.05, 0) is 19.1 Å². The molecule has 0 bridgehead atoms. The van der Waals surface area contributed by atoms with Crippen molar-refractivity contribution in [1.29, 1.82) is 0 Å². The van der Waals surface area contributed by atoms with Crippen molar-refractivity contribution in [2.75, 3.05) is 39.2 Å². The van der Waals surface area contributed by atoms with Gasteiger partial charge in [0.1, 0.15) is 11.5 Å². The lowest BCUT2D eigenvalue weighted by atomic mass is 10.3. The van der Waals surface area contributed by atoms with Crippen molar-refractivity contribution < 1.29 is 14.6 Å². The SMILES string of the molecule is CCNc1cccc(C(=O)N(C)CC(O)COC)n1. The van der Waals surface area contributed by atoms with Gasteiger partial charge < -0.3 is 20.1 Å². The minimum absolute atomic E-state index is 0.197. The number of amides is 1. The number of rotatable bonds is 7. The molecule has 1 rings (SSSR count). The third-order valence-corrected chi connectivity index (χ3v) is 2.52. The summed E-state index contributed by atoms with van der Waals surface area (Å²) in [5, 5.41) is 12.7. The highest BCUT2D eigenvalue weighted by atomic mass is 16.5. The van der Waals surface area contributed by atoms with Crippen LogP contribution in [0.3, 0.4) is 0 Å². The van der Waals surface area contributed by atoms with Gasteiger partial charge in [-0.15, -0.1) is 0 Å². The highest BCUT2D eigenvalue weighted by Gasteiger charge is 2.16. The third-order valence-electron chi connectivity index (χ3n) is 2.52. The van der Waals surface area contributed by atoms with Crippen molar-refractivity contribution in [2.24, 2.45) is 0 Å². The van der Waals surface area contributed by atoms with Crippen molar-refractivity contribution in [3.8, 4) is 0 Å². The maximum Gasteiger partial charge on any atom is 0.272 e. The molecule has 2 N–H and O–H groups in total. The Morgan fingerprint density at radius 3 is 2.95 bits per heavy atom. The number of carbonyl (C=O) groups is 1. The predicted molar refractivity (Wildman–Crippen MR) is 73.2 cm³/mol. The van der Waals surface area contributed by atoms with Gasteiger partial charge in [0.25, 0.3) is 5.91 Å². The van der Waals surface area contributed by atoms with E-state index in [0.29, 0.717) is 11.5 Å². The Kier molecular flexibility index (Phi) is 6.24. The molecule has 1 atom stereocenters. The molecule has 19 heavy (non-hydrogen) atoms. The van der Waals surface area contributed by atoms with E-state index in [1.165, 1.54) is 12.0 Å². The molecule has 0 radical (unpaired) electrons. The Morgan fingerprint density at radius 1 is 1.58 bits per heavy atom. The van der Waals surface area contributed by atoms with Crippen LogP contribution < -0.4 is 5.32 Å². The van der Waals surface area contributed by atoms with Crippen LogP contribution in [0.4, 0.5) is 5.82 Å². The first-order chi connectivity index (χ1) is 9.08. The van der Waals surface area contributed by atoms with E-state index in [1.807, 2.05) is 6.92 Å². The van der Waals surface area contributed by atoms with E-state index in [0.717, 1.165) is 6.54 Å². The number of carbonyl (C=O) groups excluding carboxylic acids is 1. The quantitative estimate of drug-likeness (QED) is 0.756. The van der Waals surface area contributed by atoms with Gasteiger partial charge in [0, 0.05) is 27.2 Å². The lowest BCUT2D eigenvalue weighted by Gasteiger charge is -2.20. The molecule has 1 heterocycles. The average Bonchev–Trinajstić information content (AvgIpc) is 2.38. The molecule has 0 spiro atoms. The summed E-state index contributed by atoms with van der Waals surface area (Å²) in [6.07, 6.45) is -0.698. The zero-order valence-corrected chi connectivity index (χ0v) is 11.6. The molecule has 0 aliphatic heterocycles. The summed E-state index contributed by atoms with van der Waals surface area (Å²) in [6, 6.07) is 5.24. The highest BCUT2D eigenvalue weighted by molar-refractivity contribution is 5.92. The molecule has 0 saturated carbocycles. The van der Waals surface area contributed by atoms with Gasteiger partial charge >= 0.3 is 0 Å². The van der Waals surface area contributed by atoms with Crippen molar-refractivity contribution in [2.45, 2.75) is 13.0 Å². The van der Waals surface area contributed by atoms with Crippen molar-refractivity contribution >= 4 is 11.7 Å². The molecule has 1 aromatic rings.